The summed E-state index contributed by atoms with van der Waals surface area (Å²) in [7, 11) is 0. The summed E-state index contributed by atoms with van der Waals surface area (Å²) in [6.45, 7) is 8.55. The minimum absolute atomic E-state index is 0.0220. The van der Waals surface area contributed by atoms with Crippen LogP contribution in [-0.2, 0) is 16.1 Å². The molecule has 1 aliphatic heterocycles. The van der Waals surface area contributed by atoms with Gasteiger partial charge in [-0.2, -0.15) is 0 Å². The van der Waals surface area contributed by atoms with Crippen molar-refractivity contribution in [3.63, 3.8) is 0 Å². The second-order valence-electron chi connectivity index (χ2n) is 6.42. The van der Waals surface area contributed by atoms with Crippen molar-refractivity contribution >= 4 is 5.91 Å². The van der Waals surface area contributed by atoms with Gasteiger partial charge in [-0.3, -0.25) is 9.59 Å². The van der Waals surface area contributed by atoms with E-state index in [1.165, 1.54) is 0 Å². The van der Waals surface area contributed by atoms with Gasteiger partial charge in [-0.25, -0.2) is 0 Å². The lowest BCUT2D eigenvalue weighted by Crippen LogP contribution is -2.41. The molecule has 0 bridgehead atoms. The van der Waals surface area contributed by atoms with Crippen molar-refractivity contribution in [1.82, 2.24) is 10.3 Å². The zero-order valence-corrected chi connectivity index (χ0v) is 13.2. The van der Waals surface area contributed by atoms with Gasteiger partial charge in [-0.1, -0.05) is 0 Å². The summed E-state index contributed by atoms with van der Waals surface area (Å²) in [6, 6.07) is 0. The molecule has 1 fully saturated rings. The van der Waals surface area contributed by atoms with Crippen molar-refractivity contribution < 1.29 is 9.53 Å². The average molecular weight is 292 g/mol. The summed E-state index contributed by atoms with van der Waals surface area (Å²) >= 11 is 0. The van der Waals surface area contributed by atoms with Gasteiger partial charge >= 0.3 is 0 Å². The standard InChI is InChI=1S/C16H24N2O3/c1-10-8-17-13(11(2)14(10)19)9-18-15(20)12-5-6-21-16(3,4)7-12/h8,12H,5-7,9H2,1-4H3,(H,17,19)(H,18,20)/t12-/m1/s1. The first-order valence-electron chi connectivity index (χ1n) is 7.39. The molecule has 21 heavy (non-hydrogen) atoms. The highest BCUT2D eigenvalue weighted by Gasteiger charge is 2.32. The third-order valence-corrected chi connectivity index (χ3v) is 4.12. The molecule has 0 radical (unpaired) electrons. The number of carbonyl (C=O) groups excluding carboxylic acids is 1. The highest BCUT2D eigenvalue weighted by atomic mass is 16.5. The first kappa shape index (κ1) is 15.8. The van der Waals surface area contributed by atoms with E-state index in [9.17, 15) is 9.59 Å². The first-order valence-corrected chi connectivity index (χ1v) is 7.39. The van der Waals surface area contributed by atoms with E-state index in [2.05, 4.69) is 10.3 Å². The van der Waals surface area contributed by atoms with Crippen molar-refractivity contribution in [2.24, 2.45) is 5.92 Å². The van der Waals surface area contributed by atoms with Crippen LogP contribution in [0.25, 0.3) is 0 Å². The maximum absolute atomic E-state index is 12.3. The second-order valence-corrected chi connectivity index (χ2v) is 6.42. The Bertz CT molecular complexity index is 590. The van der Waals surface area contributed by atoms with Crippen LogP contribution in [0.2, 0.25) is 0 Å². The molecule has 5 heteroatoms. The lowest BCUT2D eigenvalue weighted by Gasteiger charge is -2.34. The fourth-order valence-electron chi connectivity index (χ4n) is 2.76. The lowest BCUT2D eigenvalue weighted by molar-refractivity contribution is -0.135. The molecule has 1 saturated heterocycles. The van der Waals surface area contributed by atoms with Crippen LogP contribution in [0.15, 0.2) is 11.0 Å². The number of hydrogen-bond acceptors (Lipinski definition) is 3. The number of aromatic amines is 1. The molecule has 1 aromatic heterocycles. The summed E-state index contributed by atoms with van der Waals surface area (Å²) in [6.07, 6.45) is 3.16. The number of amides is 1. The Morgan fingerprint density at radius 1 is 1.48 bits per heavy atom. The minimum Gasteiger partial charge on any atom is -0.376 e. The fraction of sp³-hybridized carbons (Fsp3) is 0.625. The number of aryl methyl sites for hydroxylation is 1. The van der Waals surface area contributed by atoms with E-state index in [1.807, 2.05) is 13.8 Å². The van der Waals surface area contributed by atoms with E-state index < -0.39 is 0 Å². The number of carbonyl (C=O) groups is 1. The molecular weight excluding hydrogens is 268 g/mol. The molecule has 1 aliphatic rings. The van der Waals surface area contributed by atoms with E-state index in [1.54, 1.807) is 20.0 Å². The summed E-state index contributed by atoms with van der Waals surface area (Å²) in [5.74, 6) is 0.0124. The Hall–Kier alpha value is -1.62. The molecule has 5 nitrogen and oxygen atoms in total. The summed E-state index contributed by atoms with van der Waals surface area (Å²) < 4.78 is 5.63. The van der Waals surface area contributed by atoms with Crippen LogP contribution in [-0.4, -0.2) is 23.1 Å². The highest BCUT2D eigenvalue weighted by molar-refractivity contribution is 5.78. The van der Waals surface area contributed by atoms with Gasteiger partial charge in [-0.15, -0.1) is 0 Å². The third kappa shape index (κ3) is 3.73. The minimum atomic E-state index is -0.242. The molecule has 0 saturated carbocycles. The van der Waals surface area contributed by atoms with Crippen molar-refractivity contribution in [2.45, 2.75) is 52.7 Å². The zero-order chi connectivity index (χ0) is 15.6. The molecule has 2 heterocycles. The molecule has 116 valence electrons. The average Bonchev–Trinajstić information content (AvgIpc) is 2.42. The molecule has 0 unspecified atom stereocenters. The topological polar surface area (TPSA) is 71.2 Å². The predicted molar refractivity (Wildman–Crippen MR) is 81.1 cm³/mol. The lowest BCUT2D eigenvalue weighted by atomic mass is 9.88. The van der Waals surface area contributed by atoms with E-state index in [-0.39, 0.29) is 22.9 Å². The fourth-order valence-corrected chi connectivity index (χ4v) is 2.76. The Labute approximate surface area is 125 Å². The maximum atomic E-state index is 12.3. The van der Waals surface area contributed by atoms with Crippen LogP contribution >= 0.6 is 0 Å². The van der Waals surface area contributed by atoms with Crippen molar-refractivity contribution in [1.29, 1.82) is 0 Å². The zero-order valence-electron chi connectivity index (χ0n) is 13.2. The van der Waals surface area contributed by atoms with Crippen LogP contribution in [0.1, 0.15) is 43.5 Å². The van der Waals surface area contributed by atoms with Crippen molar-refractivity contribution in [3.8, 4) is 0 Å². The smallest absolute Gasteiger partial charge is 0.223 e. The van der Waals surface area contributed by atoms with Crippen LogP contribution in [0.4, 0.5) is 0 Å². The first-order chi connectivity index (χ1) is 9.80. The molecule has 0 spiro atoms. The molecule has 2 rings (SSSR count). The molecule has 0 aromatic carbocycles. The normalized spacial score (nSPS) is 21.0. The Kier molecular flexibility index (Phi) is 4.52. The van der Waals surface area contributed by atoms with Crippen LogP contribution in [0, 0.1) is 19.8 Å². The van der Waals surface area contributed by atoms with Gasteiger partial charge in [0.2, 0.25) is 5.91 Å². The van der Waals surface area contributed by atoms with E-state index in [0.29, 0.717) is 24.3 Å². The van der Waals surface area contributed by atoms with Gasteiger partial charge in [0.15, 0.2) is 5.43 Å². The number of rotatable bonds is 3. The summed E-state index contributed by atoms with van der Waals surface area (Å²) in [4.78, 5) is 27.2. The van der Waals surface area contributed by atoms with Crippen molar-refractivity contribution in [3.05, 3.63) is 33.2 Å². The maximum Gasteiger partial charge on any atom is 0.223 e. The van der Waals surface area contributed by atoms with E-state index in [0.717, 1.165) is 18.5 Å². The second kappa shape index (κ2) is 6.02. The molecule has 2 N–H and O–H groups in total. The number of ether oxygens (including phenoxy) is 1. The van der Waals surface area contributed by atoms with Gasteiger partial charge < -0.3 is 15.0 Å². The van der Waals surface area contributed by atoms with Gasteiger partial charge in [0, 0.05) is 35.5 Å². The van der Waals surface area contributed by atoms with E-state index >= 15 is 0 Å². The molecule has 0 aliphatic carbocycles. The predicted octanol–water partition coefficient (Wildman–Crippen LogP) is 1.81. The van der Waals surface area contributed by atoms with Gasteiger partial charge in [0.05, 0.1) is 12.1 Å². The van der Waals surface area contributed by atoms with Gasteiger partial charge in [-0.05, 0) is 40.5 Å². The van der Waals surface area contributed by atoms with E-state index in [4.69, 9.17) is 4.74 Å². The molecule has 1 aromatic rings. The Morgan fingerprint density at radius 2 is 2.19 bits per heavy atom. The van der Waals surface area contributed by atoms with Crippen molar-refractivity contribution in [2.75, 3.05) is 6.61 Å². The number of H-pyrrole nitrogens is 1. The summed E-state index contributed by atoms with van der Waals surface area (Å²) in [5, 5.41) is 2.93. The Balaban J connectivity index is 1.99. The number of aromatic nitrogens is 1. The van der Waals surface area contributed by atoms with Crippen LogP contribution < -0.4 is 10.7 Å². The number of hydrogen-bond donors (Lipinski definition) is 2. The molecular formula is C16H24N2O3. The SMILES string of the molecule is Cc1c[nH]c(CNC(=O)[C@@H]2CCOC(C)(C)C2)c(C)c1=O. The molecule has 1 atom stereocenters. The number of nitrogens with one attached hydrogen (secondary N) is 2. The Morgan fingerprint density at radius 3 is 2.86 bits per heavy atom. The summed E-state index contributed by atoms with van der Waals surface area (Å²) in [5.41, 5.74) is 1.92. The quantitative estimate of drug-likeness (QED) is 0.892. The third-order valence-electron chi connectivity index (χ3n) is 4.12. The van der Waals surface area contributed by atoms with Gasteiger partial charge in [0.1, 0.15) is 0 Å². The van der Waals surface area contributed by atoms with Crippen LogP contribution in [0.5, 0.6) is 0 Å². The van der Waals surface area contributed by atoms with Gasteiger partial charge in [0.25, 0.3) is 0 Å². The monoisotopic (exact) mass is 292 g/mol. The van der Waals surface area contributed by atoms with Crippen LogP contribution in [0.3, 0.4) is 0 Å². The molecule has 1 amide bonds. The number of pyridine rings is 1. The highest BCUT2D eigenvalue weighted by Crippen LogP contribution is 2.28. The largest absolute Gasteiger partial charge is 0.376 e.